The number of alkyl halides is 3. The summed E-state index contributed by atoms with van der Waals surface area (Å²) in [4.78, 5) is -0.493. The summed E-state index contributed by atoms with van der Waals surface area (Å²) in [6.07, 6.45) is -3.00. The van der Waals surface area contributed by atoms with E-state index in [-0.39, 0.29) is 12.5 Å². The molecule has 1 fully saturated rings. The molecule has 1 aliphatic rings. The van der Waals surface area contributed by atoms with Crippen LogP contribution in [0.5, 0.6) is 0 Å². The van der Waals surface area contributed by atoms with Crippen molar-refractivity contribution in [3.05, 3.63) is 29.3 Å². The van der Waals surface area contributed by atoms with Gasteiger partial charge in [0, 0.05) is 6.54 Å². The number of nitrogens with one attached hydrogen (secondary N) is 2. The highest BCUT2D eigenvalue weighted by Gasteiger charge is 2.35. The molecule has 126 valence electrons. The fourth-order valence-corrected chi connectivity index (χ4v) is 3.57. The SMILES string of the molecule is N#Cc1ccc(S(=O)(=O)NC[C@H]2CCCNC2)cc1C(F)(F)F. The highest BCUT2D eigenvalue weighted by Crippen LogP contribution is 2.33. The summed E-state index contributed by atoms with van der Waals surface area (Å²) >= 11 is 0. The van der Waals surface area contributed by atoms with Crippen LogP contribution in [0.3, 0.4) is 0 Å². The Hall–Kier alpha value is -1.63. The van der Waals surface area contributed by atoms with E-state index in [1.54, 1.807) is 0 Å². The van der Waals surface area contributed by atoms with Gasteiger partial charge in [-0.1, -0.05) is 0 Å². The van der Waals surface area contributed by atoms with E-state index in [0.717, 1.165) is 31.5 Å². The standard InChI is InChI=1S/C14H16F3N3O2S/c15-14(16,17)13-6-12(4-3-11(13)7-18)23(21,22)20-9-10-2-1-5-19-8-10/h3-4,6,10,19-20H,1-2,5,8-9H2/t10-/m0/s1. The lowest BCUT2D eigenvalue weighted by atomic mass is 10.0. The van der Waals surface area contributed by atoms with Crippen LogP contribution in [-0.2, 0) is 16.2 Å². The first kappa shape index (κ1) is 17.7. The van der Waals surface area contributed by atoms with E-state index >= 15 is 0 Å². The van der Waals surface area contributed by atoms with Gasteiger partial charge in [0.15, 0.2) is 0 Å². The monoisotopic (exact) mass is 347 g/mol. The van der Waals surface area contributed by atoms with Crippen LogP contribution in [0.15, 0.2) is 23.1 Å². The van der Waals surface area contributed by atoms with Gasteiger partial charge in [-0.15, -0.1) is 0 Å². The number of benzene rings is 1. The lowest BCUT2D eigenvalue weighted by Gasteiger charge is -2.23. The summed E-state index contributed by atoms with van der Waals surface area (Å²) in [7, 11) is -4.05. The quantitative estimate of drug-likeness (QED) is 0.871. The summed E-state index contributed by atoms with van der Waals surface area (Å²) in [6, 6.07) is 3.80. The Morgan fingerprint density at radius 1 is 1.39 bits per heavy atom. The summed E-state index contributed by atoms with van der Waals surface area (Å²) in [5.74, 6) is 0.110. The van der Waals surface area contributed by atoms with E-state index in [1.807, 2.05) is 0 Å². The van der Waals surface area contributed by atoms with Gasteiger partial charge in [-0.2, -0.15) is 18.4 Å². The largest absolute Gasteiger partial charge is 0.417 e. The van der Waals surface area contributed by atoms with Crippen molar-refractivity contribution in [2.75, 3.05) is 19.6 Å². The maximum atomic E-state index is 12.9. The van der Waals surface area contributed by atoms with Crippen molar-refractivity contribution in [2.24, 2.45) is 5.92 Å². The first-order valence-corrected chi connectivity index (χ1v) is 8.54. The molecule has 1 saturated heterocycles. The van der Waals surface area contributed by atoms with Gasteiger partial charge >= 0.3 is 6.18 Å². The molecule has 1 heterocycles. The third-order valence-corrected chi connectivity index (χ3v) is 5.11. The highest BCUT2D eigenvalue weighted by molar-refractivity contribution is 7.89. The van der Waals surface area contributed by atoms with Crippen LogP contribution in [0.4, 0.5) is 13.2 Å². The zero-order valence-corrected chi connectivity index (χ0v) is 13.0. The van der Waals surface area contributed by atoms with Gasteiger partial charge in [-0.25, -0.2) is 13.1 Å². The zero-order chi connectivity index (χ0) is 17.1. The minimum Gasteiger partial charge on any atom is -0.316 e. The molecule has 1 aliphatic heterocycles. The predicted octanol–water partition coefficient (Wildman–Crippen LogP) is 1.85. The molecule has 0 spiro atoms. The first-order chi connectivity index (χ1) is 10.7. The summed E-state index contributed by atoms with van der Waals surface area (Å²) in [6.45, 7) is 1.72. The highest BCUT2D eigenvalue weighted by atomic mass is 32.2. The molecule has 0 amide bonds. The molecule has 9 heteroatoms. The van der Waals surface area contributed by atoms with Crippen molar-refractivity contribution < 1.29 is 21.6 Å². The third kappa shape index (κ3) is 4.43. The molecule has 0 aliphatic carbocycles. The summed E-state index contributed by atoms with van der Waals surface area (Å²) in [5.41, 5.74) is -1.85. The molecule has 0 aromatic heterocycles. The van der Waals surface area contributed by atoms with Crippen LogP contribution in [0.2, 0.25) is 0 Å². The van der Waals surface area contributed by atoms with Crippen molar-refractivity contribution in [1.82, 2.24) is 10.0 Å². The average molecular weight is 347 g/mol. The number of nitriles is 1. The van der Waals surface area contributed by atoms with Gasteiger partial charge in [0.2, 0.25) is 10.0 Å². The lowest BCUT2D eigenvalue weighted by Crippen LogP contribution is -2.38. The maximum absolute atomic E-state index is 12.9. The molecule has 2 N–H and O–H groups in total. The molecule has 23 heavy (non-hydrogen) atoms. The van der Waals surface area contributed by atoms with Crippen LogP contribution in [0, 0.1) is 17.2 Å². The van der Waals surface area contributed by atoms with Crippen molar-refractivity contribution in [2.45, 2.75) is 23.9 Å². The molecule has 0 unspecified atom stereocenters. The molecule has 5 nitrogen and oxygen atoms in total. The van der Waals surface area contributed by atoms with Crippen LogP contribution in [0.25, 0.3) is 0 Å². The molecular formula is C14H16F3N3O2S. The van der Waals surface area contributed by atoms with Gasteiger partial charge < -0.3 is 5.32 Å². The molecule has 2 rings (SSSR count). The Balaban J connectivity index is 2.21. The fourth-order valence-electron chi connectivity index (χ4n) is 2.43. The zero-order valence-electron chi connectivity index (χ0n) is 12.2. The number of hydrogen-bond acceptors (Lipinski definition) is 4. The maximum Gasteiger partial charge on any atom is 0.417 e. The Bertz CT molecular complexity index is 705. The van der Waals surface area contributed by atoms with Crippen LogP contribution < -0.4 is 10.0 Å². The first-order valence-electron chi connectivity index (χ1n) is 7.06. The van der Waals surface area contributed by atoms with E-state index in [0.29, 0.717) is 12.6 Å². The van der Waals surface area contributed by atoms with Crippen LogP contribution >= 0.6 is 0 Å². The summed E-state index contributed by atoms with van der Waals surface area (Å²) in [5, 5.41) is 11.9. The van der Waals surface area contributed by atoms with Gasteiger partial charge in [0.05, 0.1) is 22.1 Å². The number of sulfonamides is 1. The number of nitrogens with zero attached hydrogens (tertiary/aromatic N) is 1. The Morgan fingerprint density at radius 3 is 2.70 bits per heavy atom. The van der Waals surface area contributed by atoms with E-state index in [1.165, 1.54) is 6.07 Å². The second-order valence-corrected chi connectivity index (χ2v) is 7.15. The second-order valence-electron chi connectivity index (χ2n) is 5.38. The molecule has 0 bridgehead atoms. The normalized spacial score (nSPS) is 19.3. The smallest absolute Gasteiger partial charge is 0.316 e. The van der Waals surface area contributed by atoms with Crippen LogP contribution in [-0.4, -0.2) is 28.1 Å². The topological polar surface area (TPSA) is 82.0 Å². The summed E-state index contributed by atoms with van der Waals surface area (Å²) < 4.78 is 65.4. The van der Waals surface area contributed by atoms with Crippen molar-refractivity contribution >= 4 is 10.0 Å². The predicted molar refractivity (Wildman–Crippen MR) is 76.9 cm³/mol. The molecule has 1 aromatic rings. The van der Waals surface area contributed by atoms with E-state index in [2.05, 4.69) is 10.0 Å². The van der Waals surface area contributed by atoms with Gasteiger partial charge in [-0.05, 0) is 50.0 Å². The number of halogens is 3. The third-order valence-electron chi connectivity index (χ3n) is 3.69. The van der Waals surface area contributed by atoms with Gasteiger partial charge in [-0.3, -0.25) is 0 Å². The van der Waals surface area contributed by atoms with E-state index < -0.39 is 32.2 Å². The number of hydrogen-bond donors (Lipinski definition) is 2. The minimum atomic E-state index is -4.79. The Morgan fingerprint density at radius 2 is 2.13 bits per heavy atom. The number of rotatable bonds is 4. The van der Waals surface area contributed by atoms with Crippen molar-refractivity contribution in [3.8, 4) is 6.07 Å². The minimum absolute atomic E-state index is 0.110. The Kier molecular flexibility index (Phi) is 5.29. The van der Waals surface area contributed by atoms with Crippen molar-refractivity contribution in [1.29, 1.82) is 5.26 Å². The number of piperidine rings is 1. The van der Waals surface area contributed by atoms with Gasteiger partial charge in [0.25, 0.3) is 0 Å². The van der Waals surface area contributed by atoms with Crippen LogP contribution in [0.1, 0.15) is 24.0 Å². The molecule has 1 atom stereocenters. The molecular weight excluding hydrogens is 331 g/mol. The van der Waals surface area contributed by atoms with Crippen molar-refractivity contribution in [3.63, 3.8) is 0 Å². The molecule has 1 aromatic carbocycles. The fraction of sp³-hybridized carbons (Fsp3) is 0.500. The van der Waals surface area contributed by atoms with Gasteiger partial charge in [0.1, 0.15) is 0 Å². The van der Waals surface area contributed by atoms with E-state index in [9.17, 15) is 21.6 Å². The molecule has 0 radical (unpaired) electrons. The lowest BCUT2D eigenvalue weighted by molar-refractivity contribution is -0.137. The van der Waals surface area contributed by atoms with E-state index in [4.69, 9.17) is 5.26 Å². The Labute approximate surface area is 132 Å². The molecule has 0 saturated carbocycles. The second kappa shape index (κ2) is 6.86. The average Bonchev–Trinajstić information content (AvgIpc) is 2.52.